The van der Waals surface area contributed by atoms with Crippen LogP contribution in [-0.4, -0.2) is 21.9 Å². The van der Waals surface area contributed by atoms with Crippen molar-refractivity contribution in [1.82, 2.24) is 10.2 Å². The highest BCUT2D eigenvalue weighted by atomic mass is 32.2. The smallest absolute Gasteiger partial charge is 0.277 e. The van der Waals surface area contributed by atoms with Gasteiger partial charge in [-0.25, -0.2) is 4.39 Å². The summed E-state index contributed by atoms with van der Waals surface area (Å²) < 4.78 is 18.4. The first kappa shape index (κ1) is 16.2. The molecule has 0 radical (unpaired) electrons. The normalized spacial score (nSPS) is 10.6. The predicted molar refractivity (Wildman–Crippen MR) is 90.2 cm³/mol. The zero-order chi connectivity index (χ0) is 16.9. The fourth-order valence-electron chi connectivity index (χ4n) is 2.02. The van der Waals surface area contributed by atoms with Gasteiger partial charge in [-0.1, -0.05) is 23.9 Å². The predicted octanol–water partition coefficient (Wildman–Crippen LogP) is 3.91. The van der Waals surface area contributed by atoms with E-state index in [2.05, 4.69) is 15.5 Å². The molecule has 1 aromatic heterocycles. The minimum atomic E-state index is -0.333. The molecule has 1 N–H and O–H groups in total. The number of hydrogen-bond donors (Lipinski definition) is 1. The average Bonchev–Trinajstić information content (AvgIpc) is 3.03. The summed E-state index contributed by atoms with van der Waals surface area (Å²) in [5.74, 6) is -0.0525. The molecule has 0 saturated heterocycles. The molecule has 0 atom stereocenters. The monoisotopic (exact) mass is 343 g/mol. The summed E-state index contributed by atoms with van der Waals surface area (Å²) in [5, 5.41) is 10.9. The van der Waals surface area contributed by atoms with Crippen molar-refractivity contribution in [3.63, 3.8) is 0 Å². The standard InChI is InChI=1S/C17H14FN3O2S/c1-11-3-2-4-14(9-11)19-15(22)10-24-17-21-20-16(23-17)12-5-7-13(18)8-6-12/h2-9H,10H2,1H3,(H,19,22). The molecule has 3 aromatic rings. The lowest BCUT2D eigenvalue weighted by Gasteiger charge is -2.04. The molecule has 0 fully saturated rings. The number of benzene rings is 2. The number of aromatic nitrogens is 2. The van der Waals surface area contributed by atoms with Gasteiger partial charge in [-0.05, 0) is 48.9 Å². The van der Waals surface area contributed by atoms with E-state index in [4.69, 9.17) is 4.42 Å². The summed E-state index contributed by atoms with van der Waals surface area (Å²) in [5.41, 5.74) is 2.44. The van der Waals surface area contributed by atoms with Crippen LogP contribution in [0.15, 0.2) is 58.2 Å². The van der Waals surface area contributed by atoms with Gasteiger partial charge in [0, 0.05) is 11.3 Å². The van der Waals surface area contributed by atoms with E-state index in [-0.39, 0.29) is 28.6 Å². The number of nitrogens with zero attached hydrogens (tertiary/aromatic N) is 2. The summed E-state index contributed by atoms with van der Waals surface area (Å²) in [4.78, 5) is 11.9. The molecule has 0 saturated carbocycles. The van der Waals surface area contributed by atoms with Crippen LogP contribution in [-0.2, 0) is 4.79 Å². The van der Waals surface area contributed by atoms with Gasteiger partial charge in [-0.15, -0.1) is 10.2 Å². The van der Waals surface area contributed by atoms with Gasteiger partial charge in [0.15, 0.2) is 0 Å². The Labute approximate surface area is 142 Å². The van der Waals surface area contributed by atoms with E-state index in [9.17, 15) is 9.18 Å². The number of nitrogens with one attached hydrogen (secondary N) is 1. The van der Waals surface area contributed by atoms with Gasteiger partial charge in [0.1, 0.15) is 5.82 Å². The third-order valence-corrected chi connectivity index (χ3v) is 3.94. The number of aryl methyl sites for hydroxylation is 1. The number of amides is 1. The first-order valence-electron chi connectivity index (χ1n) is 7.19. The fraction of sp³-hybridized carbons (Fsp3) is 0.118. The van der Waals surface area contributed by atoms with Crippen molar-refractivity contribution in [2.75, 3.05) is 11.1 Å². The van der Waals surface area contributed by atoms with Gasteiger partial charge in [0.05, 0.1) is 5.75 Å². The van der Waals surface area contributed by atoms with Crippen molar-refractivity contribution >= 4 is 23.4 Å². The van der Waals surface area contributed by atoms with Crippen molar-refractivity contribution < 1.29 is 13.6 Å². The molecule has 0 aliphatic heterocycles. The second kappa shape index (κ2) is 7.27. The summed E-state index contributed by atoms with van der Waals surface area (Å²) >= 11 is 1.14. The van der Waals surface area contributed by atoms with E-state index in [1.54, 1.807) is 12.1 Å². The van der Waals surface area contributed by atoms with E-state index in [1.807, 2.05) is 31.2 Å². The Kier molecular flexibility index (Phi) is 4.90. The minimum Gasteiger partial charge on any atom is -0.411 e. The molecule has 122 valence electrons. The van der Waals surface area contributed by atoms with E-state index < -0.39 is 0 Å². The van der Waals surface area contributed by atoms with Crippen LogP contribution in [0.2, 0.25) is 0 Å². The van der Waals surface area contributed by atoms with Gasteiger partial charge < -0.3 is 9.73 Å². The Morgan fingerprint density at radius 3 is 2.75 bits per heavy atom. The largest absolute Gasteiger partial charge is 0.411 e. The van der Waals surface area contributed by atoms with Crippen LogP contribution in [0.5, 0.6) is 0 Å². The van der Waals surface area contributed by atoms with E-state index in [1.165, 1.54) is 12.1 Å². The van der Waals surface area contributed by atoms with Crippen molar-refractivity contribution in [3.05, 3.63) is 59.9 Å². The molecule has 2 aromatic carbocycles. The number of thioether (sulfide) groups is 1. The Hall–Kier alpha value is -2.67. The first-order chi connectivity index (χ1) is 11.6. The summed E-state index contributed by atoms with van der Waals surface area (Å²) in [6.07, 6.45) is 0. The Balaban J connectivity index is 1.57. The molecular formula is C17H14FN3O2S. The molecule has 0 spiro atoms. The summed E-state index contributed by atoms with van der Waals surface area (Å²) in [7, 11) is 0. The molecule has 24 heavy (non-hydrogen) atoms. The van der Waals surface area contributed by atoms with Gasteiger partial charge in [0.25, 0.3) is 5.22 Å². The maximum Gasteiger partial charge on any atom is 0.277 e. The lowest BCUT2D eigenvalue weighted by molar-refractivity contribution is -0.113. The first-order valence-corrected chi connectivity index (χ1v) is 8.17. The van der Waals surface area contributed by atoms with Gasteiger partial charge in [-0.3, -0.25) is 4.79 Å². The minimum absolute atomic E-state index is 0.152. The molecule has 1 heterocycles. The van der Waals surface area contributed by atoms with Crippen LogP contribution in [0.4, 0.5) is 10.1 Å². The van der Waals surface area contributed by atoms with Crippen molar-refractivity contribution in [3.8, 4) is 11.5 Å². The quantitative estimate of drug-likeness (QED) is 0.711. The van der Waals surface area contributed by atoms with E-state index in [0.717, 1.165) is 23.0 Å². The zero-order valence-corrected chi connectivity index (χ0v) is 13.6. The maximum absolute atomic E-state index is 12.9. The molecule has 3 rings (SSSR count). The lowest BCUT2D eigenvalue weighted by Crippen LogP contribution is -2.13. The number of hydrogen-bond acceptors (Lipinski definition) is 5. The topological polar surface area (TPSA) is 68.0 Å². The fourth-order valence-corrected chi connectivity index (χ4v) is 2.59. The molecule has 1 amide bonds. The van der Waals surface area contributed by atoms with E-state index in [0.29, 0.717) is 5.56 Å². The average molecular weight is 343 g/mol. The molecular weight excluding hydrogens is 329 g/mol. The maximum atomic E-state index is 12.9. The van der Waals surface area contributed by atoms with Crippen molar-refractivity contribution in [2.24, 2.45) is 0 Å². The number of carbonyl (C=O) groups is 1. The number of halogens is 1. The second-order valence-electron chi connectivity index (χ2n) is 5.09. The van der Waals surface area contributed by atoms with Crippen LogP contribution < -0.4 is 5.32 Å². The third kappa shape index (κ3) is 4.20. The highest BCUT2D eigenvalue weighted by Crippen LogP contribution is 2.23. The van der Waals surface area contributed by atoms with Crippen molar-refractivity contribution in [2.45, 2.75) is 12.1 Å². The van der Waals surface area contributed by atoms with Crippen LogP contribution in [0, 0.1) is 12.7 Å². The Bertz CT molecular complexity index is 849. The summed E-state index contributed by atoms with van der Waals surface area (Å²) in [6.45, 7) is 1.96. The highest BCUT2D eigenvalue weighted by molar-refractivity contribution is 7.99. The number of carbonyl (C=O) groups excluding carboxylic acids is 1. The molecule has 0 unspecified atom stereocenters. The van der Waals surface area contributed by atoms with Crippen LogP contribution >= 0.6 is 11.8 Å². The molecule has 0 aliphatic carbocycles. The second-order valence-corrected chi connectivity index (χ2v) is 6.01. The Morgan fingerprint density at radius 1 is 1.21 bits per heavy atom. The molecule has 7 heteroatoms. The molecule has 0 bridgehead atoms. The third-order valence-electron chi connectivity index (χ3n) is 3.13. The van der Waals surface area contributed by atoms with Crippen LogP contribution in [0.3, 0.4) is 0 Å². The number of anilines is 1. The zero-order valence-electron chi connectivity index (χ0n) is 12.8. The number of rotatable bonds is 5. The van der Waals surface area contributed by atoms with Crippen molar-refractivity contribution in [1.29, 1.82) is 0 Å². The molecule has 0 aliphatic rings. The van der Waals surface area contributed by atoms with Gasteiger partial charge in [-0.2, -0.15) is 0 Å². The lowest BCUT2D eigenvalue weighted by atomic mass is 10.2. The molecule has 5 nitrogen and oxygen atoms in total. The van der Waals surface area contributed by atoms with Gasteiger partial charge in [0.2, 0.25) is 11.8 Å². The SMILES string of the molecule is Cc1cccc(NC(=O)CSc2nnc(-c3ccc(F)cc3)o2)c1. The van der Waals surface area contributed by atoms with Crippen LogP contribution in [0.1, 0.15) is 5.56 Å². The van der Waals surface area contributed by atoms with E-state index >= 15 is 0 Å². The Morgan fingerprint density at radius 2 is 2.00 bits per heavy atom. The van der Waals surface area contributed by atoms with Gasteiger partial charge >= 0.3 is 0 Å². The summed E-state index contributed by atoms with van der Waals surface area (Å²) in [6, 6.07) is 13.3. The van der Waals surface area contributed by atoms with Crippen LogP contribution in [0.25, 0.3) is 11.5 Å². The highest BCUT2D eigenvalue weighted by Gasteiger charge is 2.11.